The molecule has 2 aromatic carbocycles. The Bertz CT molecular complexity index is 707. The topological polar surface area (TPSA) is 38.3 Å². The maximum absolute atomic E-state index is 12.7. The predicted octanol–water partition coefficient (Wildman–Crippen LogP) is 4.60. The molecule has 3 nitrogen and oxygen atoms in total. The molecule has 0 spiro atoms. The van der Waals surface area contributed by atoms with Gasteiger partial charge in [0.2, 0.25) is 0 Å². The Hall–Kier alpha value is -2.29. The van der Waals surface area contributed by atoms with Crippen molar-refractivity contribution in [2.24, 2.45) is 0 Å². The average Bonchev–Trinajstić information content (AvgIpc) is 2.56. The lowest BCUT2D eigenvalue weighted by Gasteiger charge is -2.29. The third-order valence-electron chi connectivity index (χ3n) is 4.44. The molecule has 0 fully saturated rings. The first-order chi connectivity index (χ1) is 11.8. The molecule has 0 bridgehead atoms. The summed E-state index contributed by atoms with van der Waals surface area (Å²) < 4.78 is 6.02. The quantitative estimate of drug-likeness (QED) is 0.801. The van der Waals surface area contributed by atoms with E-state index < -0.39 is 6.10 Å². The van der Waals surface area contributed by atoms with Gasteiger partial charge in [-0.1, -0.05) is 49.4 Å². The van der Waals surface area contributed by atoms with Gasteiger partial charge in [-0.25, -0.2) is 0 Å². The van der Waals surface area contributed by atoms with Crippen LogP contribution < -0.4 is 10.1 Å². The van der Waals surface area contributed by atoms with Gasteiger partial charge in [0.05, 0.1) is 0 Å². The molecular formula is C22H29NO2. The minimum absolute atomic E-state index is 0.0654. The van der Waals surface area contributed by atoms with E-state index in [0.29, 0.717) is 6.42 Å². The second-order valence-corrected chi connectivity index (χ2v) is 7.25. The minimum Gasteiger partial charge on any atom is -0.480 e. The molecule has 0 aliphatic heterocycles. The Morgan fingerprint density at radius 2 is 1.76 bits per heavy atom. The van der Waals surface area contributed by atoms with Crippen LogP contribution in [0.5, 0.6) is 5.75 Å². The van der Waals surface area contributed by atoms with Gasteiger partial charge < -0.3 is 10.1 Å². The third kappa shape index (κ3) is 5.35. The summed E-state index contributed by atoms with van der Waals surface area (Å²) in [4.78, 5) is 12.7. The van der Waals surface area contributed by atoms with E-state index in [1.54, 1.807) is 0 Å². The first-order valence-electron chi connectivity index (χ1n) is 8.91. The number of hydrogen-bond acceptors (Lipinski definition) is 2. The molecule has 0 radical (unpaired) electrons. The van der Waals surface area contributed by atoms with E-state index in [-0.39, 0.29) is 11.4 Å². The molecule has 0 saturated carbocycles. The number of hydrogen-bond donors (Lipinski definition) is 1. The maximum Gasteiger partial charge on any atom is 0.261 e. The highest BCUT2D eigenvalue weighted by Crippen LogP contribution is 2.23. The summed E-state index contributed by atoms with van der Waals surface area (Å²) in [5, 5.41) is 3.15. The lowest BCUT2D eigenvalue weighted by molar-refractivity contribution is -0.129. The Morgan fingerprint density at radius 3 is 2.40 bits per heavy atom. The highest BCUT2D eigenvalue weighted by molar-refractivity contribution is 5.81. The van der Waals surface area contributed by atoms with Crippen LogP contribution in [-0.2, 0) is 11.2 Å². The van der Waals surface area contributed by atoms with Crippen molar-refractivity contribution < 1.29 is 9.53 Å². The van der Waals surface area contributed by atoms with Gasteiger partial charge in [-0.2, -0.15) is 0 Å². The van der Waals surface area contributed by atoms with Crippen LogP contribution in [0.15, 0.2) is 48.5 Å². The standard InChI is InChI=1S/C22H29NO2/c1-6-19(25-20-14-10-11-16(2)17(20)3)21(24)23-22(4,5)15-18-12-8-7-9-13-18/h7-14,19H,6,15H2,1-5H3,(H,23,24). The summed E-state index contributed by atoms with van der Waals surface area (Å²) >= 11 is 0. The zero-order valence-corrected chi connectivity index (χ0v) is 15.9. The van der Waals surface area contributed by atoms with Crippen molar-refractivity contribution in [3.8, 4) is 5.75 Å². The number of benzene rings is 2. The molecule has 25 heavy (non-hydrogen) atoms. The molecular weight excluding hydrogens is 310 g/mol. The van der Waals surface area contributed by atoms with Gasteiger partial charge >= 0.3 is 0 Å². The zero-order valence-electron chi connectivity index (χ0n) is 15.9. The fraction of sp³-hybridized carbons (Fsp3) is 0.409. The van der Waals surface area contributed by atoms with E-state index >= 15 is 0 Å². The van der Waals surface area contributed by atoms with Crippen molar-refractivity contribution in [2.75, 3.05) is 0 Å². The van der Waals surface area contributed by atoms with Crippen molar-refractivity contribution >= 4 is 5.91 Å². The van der Waals surface area contributed by atoms with Crippen LogP contribution >= 0.6 is 0 Å². The second kappa shape index (κ2) is 8.19. The molecule has 134 valence electrons. The lowest BCUT2D eigenvalue weighted by Crippen LogP contribution is -2.50. The molecule has 3 heteroatoms. The second-order valence-electron chi connectivity index (χ2n) is 7.25. The zero-order chi connectivity index (χ0) is 18.4. The summed E-state index contributed by atoms with van der Waals surface area (Å²) in [6.07, 6.45) is 0.913. The van der Waals surface area contributed by atoms with Crippen LogP contribution in [0.25, 0.3) is 0 Å². The Balaban J connectivity index is 2.05. The third-order valence-corrected chi connectivity index (χ3v) is 4.44. The number of amides is 1. The van der Waals surface area contributed by atoms with Gasteiger partial charge in [-0.3, -0.25) is 4.79 Å². The molecule has 0 aromatic heterocycles. The van der Waals surface area contributed by atoms with Crippen LogP contribution in [0, 0.1) is 13.8 Å². The molecule has 0 saturated heterocycles. The van der Waals surface area contributed by atoms with Crippen LogP contribution in [0.1, 0.15) is 43.9 Å². The first-order valence-corrected chi connectivity index (χ1v) is 8.91. The van der Waals surface area contributed by atoms with Crippen LogP contribution in [-0.4, -0.2) is 17.6 Å². The van der Waals surface area contributed by atoms with Crippen molar-refractivity contribution in [3.05, 3.63) is 65.2 Å². The Labute approximate surface area is 151 Å². The molecule has 0 heterocycles. The average molecular weight is 339 g/mol. The normalized spacial score (nSPS) is 12.5. The van der Waals surface area contributed by atoms with Gasteiger partial charge in [0.15, 0.2) is 6.10 Å². The fourth-order valence-corrected chi connectivity index (χ4v) is 2.89. The molecule has 1 amide bonds. The highest BCUT2D eigenvalue weighted by Gasteiger charge is 2.26. The van der Waals surface area contributed by atoms with Crippen molar-refractivity contribution in [1.82, 2.24) is 5.32 Å². The smallest absolute Gasteiger partial charge is 0.261 e. The molecule has 1 atom stereocenters. The van der Waals surface area contributed by atoms with E-state index in [1.807, 2.05) is 71.0 Å². The van der Waals surface area contributed by atoms with Gasteiger partial charge in [0, 0.05) is 5.54 Å². The van der Waals surface area contributed by atoms with Crippen LogP contribution in [0.4, 0.5) is 0 Å². The van der Waals surface area contributed by atoms with Crippen molar-refractivity contribution in [3.63, 3.8) is 0 Å². The number of ether oxygens (including phenoxy) is 1. The Morgan fingerprint density at radius 1 is 1.08 bits per heavy atom. The number of nitrogens with one attached hydrogen (secondary N) is 1. The summed E-state index contributed by atoms with van der Waals surface area (Å²) in [6, 6.07) is 16.1. The van der Waals surface area contributed by atoms with Gasteiger partial charge in [0.1, 0.15) is 5.75 Å². The molecule has 1 N–H and O–H groups in total. The lowest BCUT2D eigenvalue weighted by atomic mass is 9.94. The minimum atomic E-state index is -0.490. The van der Waals surface area contributed by atoms with E-state index in [4.69, 9.17) is 4.74 Å². The molecule has 2 aromatic rings. The number of aryl methyl sites for hydroxylation is 1. The van der Waals surface area contributed by atoms with Gasteiger partial charge in [0.25, 0.3) is 5.91 Å². The fourth-order valence-electron chi connectivity index (χ4n) is 2.89. The number of carbonyl (C=O) groups excluding carboxylic acids is 1. The summed E-state index contributed by atoms with van der Waals surface area (Å²) in [7, 11) is 0. The van der Waals surface area contributed by atoms with E-state index in [9.17, 15) is 4.79 Å². The monoisotopic (exact) mass is 339 g/mol. The number of rotatable bonds is 7. The molecule has 1 unspecified atom stereocenters. The molecule has 0 aliphatic rings. The van der Waals surface area contributed by atoms with Crippen LogP contribution in [0.3, 0.4) is 0 Å². The summed E-state index contributed by atoms with van der Waals surface area (Å²) in [6.45, 7) is 10.1. The van der Waals surface area contributed by atoms with Gasteiger partial charge in [-0.15, -0.1) is 0 Å². The summed E-state index contributed by atoms with van der Waals surface area (Å²) in [5.74, 6) is 0.715. The van der Waals surface area contributed by atoms with Crippen molar-refractivity contribution in [1.29, 1.82) is 0 Å². The van der Waals surface area contributed by atoms with E-state index in [0.717, 1.165) is 23.3 Å². The van der Waals surface area contributed by atoms with Crippen LogP contribution in [0.2, 0.25) is 0 Å². The van der Waals surface area contributed by atoms with Crippen molar-refractivity contribution in [2.45, 2.75) is 59.1 Å². The number of carbonyl (C=O) groups is 1. The maximum atomic E-state index is 12.7. The van der Waals surface area contributed by atoms with E-state index in [2.05, 4.69) is 17.4 Å². The first kappa shape index (κ1) is 19.0. The Kier molecular flexibility index (Phi) is 6.24. The van der Waals surface area contributed by atoms with Gasteiger partial charge in [-0.05, 0) is 63.3 Å². The predicted molar refractivity (Wildman–Crippen MR) is 103 cm³/mol. The van der Waals surface area contributed by atoms with E-state index in [1.165, 1.54) is 5.56 Å². The molecule has 0 aliphatic carbocycles. The molecule has 2 rings (SSSR count). The largest absolute Gasteiger partial charge is 0.480 e. The SMILES string of the molecule is CCC(Oc1cccc(C)c1C)C(=O)NC(C)(C)Cc1ccccc1. The summed E-state index contributed by atoms with van der Waals surface area (Å²) in [5.41, 5.74) is 3.11. The highest BCUT2D eigenvalue weighted by atomic mass is 16.5.